The molecule has 34 heavy (non-hydrogen) atoms. The summed E-state index contributed by atoms with van der Waals surface area (Å²) in [7, 11) is 0. The van der Waals surface area contributed by atoms with Crippen molar-refractivity contribution in [1.82, 2.24) is 4.90 Å². The zero-order valence-electron chi connectivity index (χ0n) is 18.3. The molecular formula is C25H20F2N2O4S. The summed E-state index contributed by atoms with van der Waals surface area (Å²) in [5.74, 6) is -2.63. The van der Waals surface area contributed by atoms with Gasteiger partial charge >= 0.3 is 0 Å². The molecule has 0 unspecified atom stereocenters. The van der Waals surface area contributed by atoms with Gasteiger partial charge < -0.3 is 10.1 Å². The molecule has 1 fully saturated rings. The van der Waals surface area contributed by atoms with Crippen LogP contribution in [0.2, 0.25) is 0 Å². The fourth-order valence-corrected chi connectivity index (χ4v) is 4.29. The first-order valence-corrected chi connectivity index (χ1v) is 11.2. The fourth-order valence-electron chi connectivity index (χ4n) is 3.47. The highest BCUT2D eigenvalue weighted by Crippen LogP contribution is 2.37. The van der Waals surface area contributed by atoms with Crippen LogP contribution in [-0.2, 0) is 9.59 Å². The number of thioether (sulfide) groups is 1. The van der Waals surface area contributed by atoms with Crippen LogP contribution in [0.25, 0.3) is 16.8 Å². The van der Waals surface area contributed by atoms with E-state index >= 15 is 0 Å². The Morgan fingerprint density at radius 3 is 2.62 bits per heavy atom. The highest BCUT2D eigenvalue weighted by atomic mass is 32.2. The lowest BCUT2D eigenvalue weighted by Crippen LogP contribution is -2.36. The minimum absolute atomic E-state index is 0.112. The zero-order chi connectivity index (χ0) is 24.4. The predicted molar refractivity (Wildman–Crippen MR) is 127 cm³/mol. The molecule has 0 spiro atoms. The summed E-state index contributed by atoms with van der Waals surface area (Å²) in [4.78, 5) is 38.7. The van der Waals surface area contributed by atoms with Crippen molar-refractivity contribution >= 4 is 51.4 Å². The minimum atomic E-state index is -0.962. The molecule has 174 valence electrons. The van der Waals surface area contributed by atoms with Gasteiger partial charge in [-0.05, 0) is 60.7 Å². The number of ether oxygens (including phenoxy) is 1. The van der Waals surface area contributed by atoms with Crippen LogP contribution < -0.4 is 10.1 Å². The second kappa shape index (κ2) is 9.64. The van der Waals surface area contributed by atoms with Crippen molar-refractivity contribution in [3.63, 3.8) is 0 Å². The van der Waals surface area contributed by atoms with Crippen molar-refractivity contribution in [2.75, 3.05) is 11.9 Å². The van der Waals surface area contributed by atoms with Crippen LogP contribution in [0.5, 0.6) is 5.75 Å². The summed E-state index contributed by atoms with van der Waals surface area (Å²) in [6.45, 7) is 3.16. The standard InChI is InChI=1S/C25H20F2N2O4S/c1-14(2)33-21-10-7-15-5-3-4-6-17(15)18(21)12-22-24(31)29(25(32)34-22)13-23(30)28-20-9-8-16(26)11-19(20)27/h3-12,14H,13H2,1-2H3,(H,28,30). The fraction of sp³-hybridized carbons (Fsp3) is 0.160. The molecule has 0 atom stereocenters. The number of carbonyl (C=O) groups is 3. The molecule has 0 bridgehead atoms. The number of carbonyl (C=O) groups excluding carboxylic acids is 3. The molecule has 1 saturated heterocycles. The molecule has 0 aliphatic carbocycles. The van der Waals surface area contributed by atoms with Crippen molar-refractivity contribution in [1.29, 1.82) is 0 Å². The number of hydrogen-bond acceptors (Lipinski definition) is 5. The predicted octanol–water partition coefficient (Wildman–Crippen LogP) is 5.58. The van der Waals surface area contributed by atoms with Gasteiger partial charge in [0.15, 0.2) is 0 Å². The number of benzene rings is 3. The third-order valence-corrected chi connectivity index (χ3v) is 5.86. The number of rotatable bonds is 6. The minimum Gasteiger partial charge on any atom is -0.490 e. The van der Waals surface area contributed by atoms with E-state index < -0.39 is 35.2 Å². The molecule has 1 aliphatic rings. The molecule has 1 N–H and O–H groups in total. The monoisotopic (exact) mass is 482 g/mol. The van der Waals surface area contributed by atoms with Gasteiger partial charge in [-0.25, -0.2) is 8.78 Å². The van der Waals surface area contributed by atoms with Crippen molar-refractivity contribution in [3.8, 4) is 5.75 Å². The Morgan fingerprint density at radius 1 is 1.12 bits per heavy atom. The van der Waals surface area contributed by atoms with Crippen molar-refractivity contribution in [3.05, 3.63) is 76.7 Å². The molecule has 9 heteroatoms. The Labute approximate surface area is 198 Å². The summed E-state index contributed by atoms with van der Waals surface area (Å²) in [5.41, 5.74) is 0.398. The molecule has 3 aromatic rings. The first-order chi connectivity index (χ1) is 16.2. The number of fused-ring (bicyclic) bond motifs is 1. The number of imide groups is 1. The molecule has 3 aromatic carbocycles. The second-order valence-corrected chi connectivity index (χ2v) is 8.80. The molecule has 0 saturated carbocycles. The summed E-state index contributed by atoms with van der Waals surface area (Å²) < 4.78 is 32.8. The van der Waals surface area contributed by atoms with E-state index in [-0.39, 0.29) is 16.7 Å². The SMILES string of the molecule is CC(C)Oc1ccc2ccccc2c1C=C1SC(=O)N(CC(=O)Nc2ccc(F)cc2F)C1=O. The van der Waals surface area contributed by atoms with Crippen molar-refractivity contribution in [2.24, 2.45) is 0 Å². The van der Waals surface area contributed by atoms with Gasteiger partial charge in [-0.2, -0.15) is 0 Å². The van der Waals surface area contributed by atoms with Crippen LogP contribution in [-0.4, -0.2) is 34.6 Å². The molecule has 1 heterocycles. The quantitative estimate of drug-likeness (QED) is 0.464. The van der Waals surface area contributed by atoms with E-state index in [1.807, 2.05) is 50.2 Å². The lowest BCUT2D eigenvalue weighted by atomic mass is 10.0. The van der Waals surface area contributed by atoms with Gasteiger partial charge in [0.25, 0.3) is 11.1 Å². The van der Waals surface area contributed by atoms with Gasteiger partial charge in [-0.3, -0.25) is 19.3 Å². The summed E-state index contributed by atoms with van der Waals surface area (Å²) in [5, 5.41) is 3.40. The van der Waals surface area contributed by atoms with Crippen LogP contribution in [0.15, 0.2) is 59.5 Å². The maximum absolute atomic E-state index is 13.8. The van der Waals surface area contributed by atoms with Crippen LogP contribution in [0.1, 0.15) is 19.4 Å². The summed E-state index contributed by atoms with van der Waals surface area (Å²) in [6, 6.07) is 14.0. The number of halogens is 2. The Balaban J connectivity index is 1.60. The number of amides is 3. The van der Waals surface area contributed by atoms with Crippen molar-refractivity contribution in [2.45, 2.75) is 20.0 Å². The average Bonchev–Trinajstić information content (AvgIpc) is 3.04. The Morgan fingerprint density at radius 2 is 1.88 bits per heavy atom. The van der Waals surface area contributed by atoms with Crippen LogP contribution >= 0.6 is 11.8 Å². The summed E-state index contributed by atoms with van der Waals surface area (Å²) in [6.07, 6.45) is 1.47. The van der Waals surface area contributed by atoms with Gasteiger partial charge in [0.2, 0.25) is 5.91 Å². The molecule has 0 aromatic heterocycles. The van der Waals surface area contributed by atoms with E-state index in [1.165, 1.54) is 0 Å². The molecular weight excluding hydrogens is 462 g/mol. The number of nitrogens with zero attached hydrogens (tertiary/aromatic N) is 1. The largest absolute Gasteiger partial charge is 0.490 e. The van der Waals surface area contributed by atoms with Gasteiger partial charge in [0.1, 0.15) is 23.9 Å². The van der Waals surface area contributed by atoms with Gasteiger partial charge in [-0.15, -0.1) is 0 Å². The number of nitrogens with one attached hydrogen (secondary N) is 1. The van der Waals surface area contributed by atoms with Gasteiger partial charge in [-0.1, -0.05) is 30.3 Å². The molecule has 3 amide bonds. The van der Waals surface area contributed by atoms with E-state index in [9.17, 15) is 23.2 Å². The first-order valence-electron chi connectivity index (χ1n) is 10.4. The van der Waals surface area contributed by atoms with E-state index in [2.05, 4.69) is 5.32 Å². The zero-order valence-corrected chi connectivity index (χ0v) is 19.1. The van der Waals surface area contributed by atoms with E-state index in [4.69, 9.17) is 4.74 Å². The van der Waals surface area contributed by atoms with Crippen LogP contribution in [0.3, 0.4) is 0 Å². The van der Waals surface area contributed by atoms with Gasteiger partial charge in [0.05, 0.1) is 16.7 Å². The van der Waals surface area contributed by atoms with E-state index in [0.717, 1.165) is 27.8 Å². The first kappa shape index (κ1) is 23.4. The Kier molecular flexibility index (Phi) is 6.65. The van der Waals surface area contributed by atoms with Crippen LogP contribution in [0.4, 0.5) is 19.3 Å². The molecule has 0 radical (unpaired) electrons. The van der Waals surface area contributed by atoms with Gasteiger partial charge in [0, 0.05) is 11.6 Å². The summed E-state index contributed by atoms with van der Waals surface area (Å²) >= 11 is 0.705. The van der Waals surface area contributed by atoms with Crippen molar-refractivity contribution < 1.29 is 27.9 Å². The normalized spacial score (nSPS) is 15.0. The van der Waals surface area contributed by atoms with Crippen LogP contribution in [0, 0.1) is 11.6 Å². The Bertz CT molecular complexity index is 1340. The third kappa shape index (κ3) is 4.94. The molecule has 4 rings (SSSR count). The smallest absolute Gasteiger partial charge is 0.294 e. The third-order valence-electron chi connectivity index (χ3n) is 4.95. The molecule has 6 nitrogen and oxygen atoms in total. The average molecular weight is 483 g/mol. The second-order valence-electron chi connectivity index (χ2n) is 7.81. The lowest BCUT2D eigenvalue weighted by Gasteiger charge is -2.15. The van der Waals surface area contributed by atoms with E-state index in [0.29, 0.717) is 29.1 Å². The maximum Gasteiger partial charge on any atom is 0.294 e. The number of anilines is 1. The van der Waals surface area contributed by atoms with E-state index in [1.54, 1.807) is 6.08 Å². The highest BCUT2D eigenvalue weighted by molar-refractivity contribution is 8.18. The topological polar surface area (TPSA) is 75.7 Å². The lowest BCUT2D eigenvalue weighted by molar-refractivity contribution is -0.127. The Hall–Kier alpha value is -3.72. The highest BCUT2D eigenvalue weighted by Gasteiger charge is 2.36. The maximum atomic E-state index is 13.8. The molecule has 1 aliphatic heterocycles. The number of hydrogen-bond donors (Lipinski definition) is 1.